The summed E-state index contributed by atoms with van der Waals surface area (Å²) in [6.07, 6.45) is 16.5. The van der Waals surface area contributed by atoms with Crippen LogP contribution in [-0.4, -0.2) is 65.2 Å². The zero-order valence-corrected chi connectivity index (χ0v) is 89.4. The summed E-state index contributed by atoms with van der Waals surface area (Å²) in [6.45, 7) is 36.4. The van der Waals surface area contributed by atoms with Crippen molar-refractivity contribution in [3.05, 3.63) is 447 Å². The second-order valence-corrected chi connectivity index (χ2v) is 35.1. The van der Waals surface area contributed by atoms with Gasteiger partial charge in [0.2, 0.25) is 0 Å². The molecule has 5 N–H and O–H groups in total. The van der Waals surface area contributed by atoms with Gasteiger partial charge in [0.25, 0.3) is 29.5 Å². The van der Waals surface area contributed by atoms with E-state index in [0.29, 0.717) is 153 Å². The van der Waals surface area contributed by atoms with Crippen molar-refractivity contribution in [3.63, 3.8) is 0 Å². The van der Waals surface area contributed by atoms with Crippen molar-refractivity contribution in [1.29, 1.82) is 0 Å². The van der Waals surface area contributed by atoms with Crippen LogP contribution in [0.1, 0.15) is 276 Å². The van der Waals surface area contributed by atoms with E-state index in [1.807, 2.05) is 252 Å². The fourth-order valence-electron chi connectivity index (χ4n) is 17.9. The molecule has 3 aliphatic carbocycles. The summed E-state index contributed by atoms with van der Waals surface area (Å²) in [4.78, 5) is 101. The number of hydrogen-bond donors (Lipinski definition) is 5. The topological polar surface area (TPSA) is 295 Å². The van der Waals surface area contributed by atoms with Gasteiger partial charge in [-0.15, -0.1) is 5.56 Å². The van der Waals surface area contributed by atoms with Gasteiger partial charge in [0.15, 0.2) is 5.78 Å². The molecule has 0 radical (unpaired) electrons. The summed E-state index contributed by atoms with van der Waals surface area (Å²) < 4.78 is 32.9. The molecule has 6 aromatic heterocycles. The fraction of sp³-hybridized carbons (Fsp3) is 0.266. The minimum absolute atomic E-state index is 0. The number of carbonyl (C=O) groups excluding carboxylic acids is 6. The second-order valence-electron chi connectivity index (χ2n) is 35.1. The number of allylic oxidation sites excluding steroid dienone is 3. The van der Waals surface area contributed by atoms with Crippen molar-refractivity contribution in [3.8, 4) is 33.8 Å². The smallest absolute Gasteiger partial charge is 0.372 e. The maximum atomic E-state index is 12.8. The van der Waals surface area contributed by atoms with E-state index >= 15 is 0 Å². The summed E-state index contributed by atoms with van der Waals surface area (Å²) in [5, 5.41) is 14.8. The van der Waals surface area contributed by atoms with Crippen LogP contribution in [0.4, 0.5) is 0 Å². The number of aryl methyl sites for hydroxylation is 3. The molecule has 5 amide bonds. The van der Waals surface area contributed by atoms with Gasteiger partial charge in [0, 0.05) is 107 Å². The molecule has 0 atom stereocenters. The van der Waals surface area contributed by atoms with Crippen molar-refractivity contribution < 1.29 is 78.3 Å². The van der Waals surface area contributed by atoms with Crippen LogP contribution in [0.2, 0.25) is 0 Å². The summed E-state index contributed by atoms with van der Waals surface area (Å²) in [6, 6.07) is 78.6. The van der Waals surface area contributed by atoms with Crippen LogP contribution in [-0.2, 0) is 187 Å². The van der Waals surface area contributed by atoms with Crippen LogP contribution in [0.15, 0.2) is 249 Å². The quantitative estimate of drug-likeness (QED) is 0.0350. The minimum Gasteiger partial charge on any atom is -0.372 e. The van der Waals surface area contributed by atoms with Crippen molar-refractivity contribution in [2.24, 2.45) is 0 Å². The Morgan fingerprint density at radius 2 is 0.574 bits per heavy atom. The molecule has 14 aromatic rings. The van der Waals surface area contributed by atoms with Crippen molar-refractivity contribution >= 4 is 53.5 Å². The molecule has 0 unspecified atom stereocenters. The van der Waals surface area contributed by atoms with E-state index in [-0.39, 0.29) is 56.4 Å². The normalized spacial score (nSPS) is 13.1. The molecule has 148 heavy (non-hydrogen) atoms. The number of benzene rings is 8. The zero-order valence-electron chi connectivity index (χ0n) is 86.5. The Kier molecular flexibility index (Phi) is 41.3. The zero-order chi connectivity index (χ0) is 104. The van der Waals surface area contributed by atoms with Crippen LogP contribution >= 0.6 is 0 Å². The number of carbonyl (C=O) groups is 6. The van der Waals surface area contributed by atoms with Crippen LogP contribution in [0.25, 0.3) is 52.0 Å². The number of pyridine rings is 6. The maximum Gasteiger partial charge on any atom is 2.00 e. The molecule has 23 nitrogen and oxygen atoms in total. The van der Waals surface area contributed by atoms with Crippen molar-refractivity contribution in [2.45, 2.75) is 221 Å². The van der Waals surface area contributed by atoms with Crippen LogP contribution < -0.4 is 26.6 Å². The maximum absolute atomic E-state index is 12.8. The third-order valence-corrected chi connectivity index (χ3v) is 25.4. The Labute approximate surface area is 883 Å². The number of rotatable bonds is 20. The average Bonchev–Trinajstić information content (AvgIpc) is 1.37. The number of hydrogen-bond acceptors (Lipinski definition) is 18. The van der Waals surface area contributed by atoms with Crippen LogP contribution in [0, 0.1) is 33.8 Å². The molecule has 0 saturated heterocycles. The molecule has 0 fully saturated rings. The second kappa shape index (κ2) is 55.2. The van der Waals surface area contributed by atoms with E-state index < -0.39 is 0 Å². The monoisotopic (exact) mass is 2150 g/mol. The molecule has 8 aromatic carbocycles. The molecular weight excluding hydrogens is 2020 g/mol. The van der Waals surface area contributed by atoms with Gasteiger partial charge >= 0.3 is 21.1 Å². The van der Waals surface area contributed by atoms with Crippen LogP contribution in [0.3, 0.4) is 0 Å². The predicted octanol–water partition coefficient (Wildman–Crippen LogP) is 23.4. The summed E-state index contributed by atoms with van der Waals surface area (Å²) in [5.41, 5.74) is 38.1. The Balaban J connectivity index is 0.000000147. The number of Topliss-reactive ketones (excluding diaryl/α,β-unsaturated/α-hetero) is 1. The van der Waals surface area contributed by atoms with E-state index in [0.717, 1.165) is 170 Å². The van der Waals surface area contributed by atoms with Gasteiger partial charge in [-0.1, -0.05) is 256 Å². The summed E-state index contributed by atoms with van der Waals surface area (Å²) in [7, 11) is 0. The number of aromatic nitrogens is 6. The van der Waals surface area contributed by atoms with Crippen molar-refractivity contribution in [1.82, 2.24) is 56.5 Å². The Bertz CT molecular complexity index is 7120. The Hall–Kier alpha value is -14.7. The van der Waals surface area contributed by atoms with Crippen molar-refractivity contribution in [2.75, 3.05) is 0 Å². The van der Waals surface area contributed by atoms with Gasteiger partial charge in [0.05, 0.1) is 96.4 Å². The molecule has 0 saturated carbocycles. The standard InChI is InChI=1S/C24H20N2O2.C23H20N2O2.2C19H18N2O2.C16H16N2O2.C15H13NO2.4C2H6.W/c27-24(25-13-16-9-10-17-7-4-8-19(17)11-16)22-12-20-14-28-15-21(20)23(26-22)18-5-2-1-3-6-18;1-2-16-7-6-8-17(11-16)13-24-23(26)21-12-19-14-27-15-20(19)22(25-21)18-9-4-3-5-10-18;2*1-12-17-11-23-10-16(17)8-18(21-12)19(22)20-9-13-5-6-14-3-2-4-15(14)7-13;1-11-14-10-20-9-13(14)7-15(18-11)16(19)17-8-12-5-3-2-4-6-12;1-10(17)14-7-12-8-18-9-13(12)15(16-14)11-5-3-2-4-6-11;4*1-2;/h1-6,8-12H,7,13-15H2,(H,25,27);3-6,8-12H,1-2,13-15H2,(H,24,26);2,4-8H,3,9-11H2,1H3,(H,20,22);2-3,5-8H,4,9-11H2,1H3,(H,20,22);2-7H,8-10H2,1H3,(H,17,19);2-7H,8-9H2,1H3;4*1-2H3;/q;-2;;;;;;;;;+2. The van der Waals surface area contributed by atoms with Gasteiger partial charge in [0.1, 0.15) is 34.2 Å². The largest absolute Gasteiger partial charge is 2.00 e. The number of nitrogens with one attached hydrogen (secondary N) is 5. The fourth-order valence-corrected chi connectivity index (χ4v) is 17.9. The van der Waals surface area contributed by atoms with Crippen LogP contribution in [0.5, 0.6) is 0 Å². The van der Waals surface area contributed by atoms with Gasteiger partial charge in [-0.25, -0.2) is 29.9 Å². The summed E-state index contributed by atoms with van der Waals surface area (Å²) in [5.74, 6) is -0.789. The first kappa shape index (κ1) is 111. The summed E-state index contributed by atoms with van der Waals surface area (Å²) >= 11 is 0. The van der Waals surface area contributed by atoms with Gasteiger partial charge < -0.3 is 61.9 Å². The number of fused-ring (bicyclic) bond motifs is 9. The SMILES string of the molecule is CC.CC.CC.CC.CC(=O)c1cc2c(c(-c3ccccc3)n1)COC2.Cc1nc(C(=O)NCc2ccc3c(c2)C=CC3)cc2c1COC2.Cc1nc(C(=O)NCc2ccc3c(c2)CC=C3)cc2c1COC2.Cc1nc(C(=O)NCc2ccccc2)cc2c1COC2.O=C(NCc1ccc2c(c1)C=CC2)c1cc2c(c(-c3ccccc3)n1)COC2.[CH2-]Cc1[c-]ccc(CNC(=O)c2cc3c(c(-c4ccccc4)n2)COC3)c1.[W+2]. The third-order valence-electron chi connectivity index (χ3n) is 25.4. The third kappa shape index (κ3) is 28.6. The van der Waals surface area contributed by atoms with Gasteiger partial charge in [-0.05, 0) is 178 Å². The Morgan fingerprint density at radius 3 is 0.926 bits per heavy atom. The van der Waals surface area contributed by atoms with E-state index in [1.54, 1.807) is 6.92 Å². The molecule has 9 aliphatic rings. The predicted molar refractivity (Wildman–Crippen MR) is 576 cm³/mol. The molecule has 24 heteroatoms. The van der Waals surface area contributed by atoms with E-state index in [9.17, 15) is 28.8 Å². The first-order valence-electron chi connectivity index (χ1n) is 50.7. The molecule has 12 heterocycles. The van der Waals surface area contributed by atoms with E-state index in [2.05, 4.69) is 161 Å². The number of ether oxygens (including phenoxy) is 6. The van der Waals surface area contributed by atoms with Gasteiger partial charge in [-0.2, -0.15) is 36.2 Å². The number of amides is 5. The molecule has 0 bridgehead atoms. The Morgan fingerprint density at radius 1 is 0.291 bits per heavy atom. The molecule has 23 rings (SSSR count). The minimum atomic E-state index is -0.189. The van der Waals surface area contributed by atoms with Gasteiger partial charge in [-0.3, -0.25) is 28.8 Å². The molecule has 0 spiro atoms. The first-order valence-corrected chi connectivity index (χ1v) is 50.7. The number of nitrogens with zero attached hydrogens (tertiary/aromatic N) is 6. The average molecular weight is 2150 g/mol. The van der Waals surface area contributed by atoms with E-state index in [1.165, 1.54) is 33.4 Å². The molecular formula is C124H129N11O12W. The number of ketones is 1. The van der Waals surface area contributed by atoms with E-state index in [4.69, 9.17) is 28.4 Å². The molecule has 758 valence electrons. The molecule has 6 aliphatic heterocycles. The first-order chi connectivity index (χ1) is 71.9.